The first-order chi connectivity index (χ1) is 30.2. The fraction of sp³-hybridized carbons (Fsp3) is 0.123. The van der Waals surface area contributed by atoms with Crippen LogP contribution in [-0.4, -0.2) is 22.4 Å². The molecule has 7 aromatic rings. The van der Waals surface area contributed by atoms with Gasteiger partial charge in [0.1, 0.15) is 12.0 Å². The van der Waals surface area contributed by atoms with Crippen LogP contribution in [0.3, 0.4) is 0 Å². The Balaban J connectivity index is 0.978. The number of aliphatic imine (C=N–C) groups is 2. The molecule has 0 saturated heterocycles. The minimum Gasteiger partial charge on any atom is -0.344 e. The lowest BCUT2D eigenvalue weighted by Gasteiger charge is -2.35. The molecule has 0 fully saturated rings. The maximum absolute atomic E-state index is 5.26. The standard InChI is InChI=1S/C57H44N4/c1-4-16-37(17-5-1)55-58-56(38-18-6-2-7-19-38)60-57(59-55)42-21-14-20-41(34-42)44-27-15-28-48-45-24-10-11-25-46(45)50-35-39(30-32-49(50)54(44)48)40-31-33-53-51(36-40)47-26-12-13-29-52(47)61(53)43-22-8-3-9-23-43/h1-6,8-9,11-18,20-23,25-36,46,50,56H,7,10,19,24H2,(H,58,59,60). The molecule has 6 aromatic carbocycles. The average Bonchev–Trinajstić information content (AvgIpc) is 3.68. The fourth-order valence-corrected chi connectivity index (χ4v) is 10.3. The molecule has 61 heavy (non-hydrogen) atoms. The van der Waals surface area contributed by atoms with Crippen molar-refractivity contribution in [1.29, 1.82) is 0 Å². The van der Waals surface area contributed by atoms with Gasteiger partial charge in [0, 0.05) is 39.4 Å². The molecule has 2 heterocycles. The molecule has 4 heteroatoms. The summed E-state index contributed by atoms with van der Waals surface area (Å²) in [6, 6.07) is 52.8. The second-order valence-electron chi connectivity index (χ2n) is 16.7. The van der Waals surface area contributed by atoms with Gasteiger partial charge in [0.15, 0.2) is 5.84 Å². The number of hydrogen-bond acceptors (Lipinski definition) is 3. The van der Waals surface area contributed by atoms with Gasteiger partial charge in [-0.05, 0) is 106 Å². The van der Waals surface area contributed by atoms with Gasteiger partial charge >= 0.3 is 0 Å². The highest BCUT2D eigenvalue weighted by Gasteiger charge is 2.32. The van der Waals surface area contributed by atoms with Crippen LogP contribution in [0.5, 0.6) is 0 Å². The lowest BCUT2D eigenvalue weighted by Crippen LogP contribution is -2.41. The van der Waals surface area contributed by atoms with Gasteiger partial charge in [-0.1, -0.05) is 163 Å². The number of benzene rings is 6. The molecule has 292 valence electrons. The van der Waals surface area contributed by atoms with E-state index in [0.717, 1.165) is 48.5 Å². The number of nitrogens with one attached hydrogen (secondary N) is 1. The van der Waals surface area contributed by atoms with Crippen molar-refractivity contribution in [3.8, 4) is 16.8 Å². The van der Waals surface area contributed by atoms with Crippen LogP contribution in [0, 0.1) is 11.8 Å². The first kappa shape index (κ1) is 35.6. The van der Waals surface area contributed by atoms with Crippen molar-refractivity contribution in [3.05, 3.63) is 227 Å². The van der Waals surface area contributed by atoms with Crippen molar-refractivity contribution in [1.82, 2.24) is 9.88 Å². The maximum Gasteiger partial charge on any atom is 0.159 e. The number of allylic oxidation sites excluding steroid dienone is 9. The Morgan fingerprint density at radius 2 is 1.39 bits per heavy atom. The third-order valence-electron chi connectivity index (χ3n) is 13.2. The minimum absolute atomic E-state index is 0.165. The van der Waals surface area contributed by atoms with Crippen LogP contribution in [-0.2, 0) is 0 Å². The molecule has 3 unspecified atom stereocenters. The molecule has 3 atom stereocenters. The van der Waals surface area contributed by atoms with Gasteiger partial charge in [-0.25, -0.2) is 9.98 Å². The zero-order valence-electron chi connectivity index (χ0n) is 33.9. The summed E-state index contributed by atoms with van der Waals surface area (Å²) in [5.41, 5.74) is 14.9. The molecule has 4 nitrogen and oxygen atoms in total. The first-order valence-corrected chi connectivity index (χ1v) is 21.7. The second kappa shape index (κ2) is 14.8. The number of para-hydroxylation sites is 2. The topological polar surface area (TPSA) is 41.7 Å². The van der Waals surface area contributed by atoms with Gasteiger partial charge in [0.25, 0.3) is 0 Å². The van der Waals surface area contributed by atoms with E-state index in [2.05, 4.69) is 198 Å². The van der Waals surface area contributed by atoms with Crippen LogP contribution in [0.15, 0.2) is 210 Å². The van der Waals surface area contributed by atoms with E-state index >= 15 is 0 Å². The Hall–Kier alpha value is -7.30. The molecular weight excluding hydrogens is 741 g/mol. The van der Waals surface area contributed by atoms with Crippen LogP contribution in [0.25, 0.3) is 55.3 Å². The zero-order chi connectivity index (χ0) is 40.3. The van der Waals surface area contributed by atoms with E-state index in [-0.39, 0.29) is 12.1 Å². The normalized spacial score (nSPS) is 20.3. The van der Waals surface area contributed by atoms with Crippen LogP contribution in [0.4, 0.5) is 0 Å². The number of rotatable bonds is 6. The smallest absolute Gasteiger partial charge is 0.159 e. The van der Waals surface area contributed by atoms with Gasteiger partial charge in [-0.15, -0.1) is 0 Å². The summed E-state index contributed by atoms with van der Waals surface area (Å²) < 4.78 is 2.39. The van der Waals surface area contributed by atoms with E-state index in [1.807, 2.05) is 6.07 Å². The average molecular weight is 785 g/mol. The fourth-order valence-electron chi connectivity index (χ4n) is 10.3. The number of amidine groups is 2. The Morgan fingerprint density at radius 1 is 0.607 bits per heavy atom. The summed E-state index contributed by atoms with van der Waals surface area (Å²) >= 11 is 0. The molecule has 12 rings (SSSR count). The summed E-state index contributed by atoms with van der Waals surface area (Å²) in [7, 11) is 0. The lowest BCUT2D eigenvalue weighted by atomic mass is 9.69. The molecule has 0 bridgehead atoms. The van der Waals surface area contributed by atoms with E-state index in [1.165, 1.54) is 71.3 Å². The summed E-state index contributed by atoms with van der Waals surface area (Å²) in [4.78, 5) is 10.4. The highest BCUT2D eigenvalue weighted by molar-refractivity contribution is 6.14. The van der Waals surface area contributed by atoms with Crippen molar-refractivity contribution in [2.75, 3.05) is 0 Å². The minimum atomic E-state index is -0.165. The van der Waals surface area contributed by atoms with Gasteiger partial charge in [-0.2, -0.15) is 0 Å². The molecule has 0 saturated carbocycles. The van der Waals surface area contributed by atoms with Gasteiger partial charge in [0.2, 0.25) is 0 Å². The quantitative estimate of drug-likeness (QED) is 0.168. The molecule has 0 radical (unpaired) electrons. The SMILES string of the molecule is C1=CCCC(C2N=C(c3cccc(-c4cccc5c4=C4C=CC(c6ccc7c(c6)c6ccccc6n7-c6ccccc6)=CC4C4C=CCCC=54)c3)N=C(c3ccccc3)N2)=C1. The van der Waals surface area contributed by atoms with E-state index in [1.54, 1.807) is 5.57 Å². The predicted octanol–water partition coefficient (Wildman–Crippen LogP) is 11.4. The van der Waals surface area contributed by atoms with Crippen LogP contribution < -0.4 is 15.8 Å². The van der Waals surface area contributed by atoms with E-state index in [4.69, 9.17) is 9.98 Å². The molecule has 1 N–H and O–H groups in total. The van der Waals surface area contributed by atoms with Crippen molar-refractivity contribution < 1.29 is 0 Å². The Labute approximate surface area is 356 Å². The molecule has 5 aliphatic rings. The Bertz CT molecular complexity index is 3280. The molecule has 1 aromatic heterocycles. The molecule has 0 spiro atoms. The molecule has 4 aliphatic carbocycles. The predicted molar refractivity (Wildman–Crippen MR) is 254 cm³/mol. The van der Waals surface area contributed by atoms with Crippen LogP contribution in [0.2, 0.25) is 0 Å². The summed E-state index contributed by atoms with van der Waals surface area (Å²) in [5.74, 6) is 2.18. The van der Waals surface area contributed by atoms with Gasteiger partial charge in [-0.3, -0.25) is 0 Å². The third-order valence-corrected chi connectivity index (χ3v) is 13.2. The maximum atomic E-state index is 5.26. The number of fused-ring (bicyclic) bond motifs is 7. The number of nitrogens with zero attached hydrogens (tertiary/aromatic N) is 3. The van der Waals surface area contributed by atoms with Crippen molar-refractivity contribution in [2.45, 2.75) is 31.8 Å². The summed E-state index contributed by atoms with van der Waals surface area (Å²) in [6.45, 7) is 0. The van der Waals surface area contributed by atoms with E-state index < -0.39 is 0 Å². The van der Waals surface area contributed by atoms with Crippen LogP contribution >= 0.6 is 0 Å². The van der Waals surface area contributed by atoms with Crippen molar-refractivity contribution >= 4 is 50.2 Å². The lowest BCUT2D eigenvalue weighted by molar-refractivity contribution is 0.654. The Morgan fingerprint density at radius 3 is 2.28 bits per heavy atom. The number of aromatic nitrogens is 1. The van der Waals surface area contributed by atoms with Gasteiger partial charge in [0.05, 0.1) is 11.0 Å². The third kappa shape index (κ3) is 6.13. The number of hydrogen-bond donors (Lipinski definition) is 1. The Kier molecular flexibility index (Phi) is 8.62. The van der Waals surface area contributed by atoms with Crippen molar-refractivity contribution in [2.24, 2.45) is 21.8 Å². The monoisotopic (exact) mass is 784 g/mol. The van der Waals surface area contributed by atoms with Gasteiger partial charge < -0.3 is 9.88 Å². The van der Waals surface area contributed by atoms with E-state index in [9.17, 15) is 0 Å². The highest BCUT2D eigenvalue weighted by Crippen LogP contribution is 2.43. The zero-order valence-corrected chi connectivity index (χ0v) is 33.9. The largest absolute Gasteiger partial charge is 0.344 e. The summed E-state index contributed by atoms with van der Waals surface area (Å²) in [6.07, 6.45) is 22.8. The second-order valence-corrected chi connectivity index (χ2v) is 16.7. The van der Waals surface area contributed by atoms with E-state index in [0.29, 0.717) is 5.92 Å². The summed E-state index contributed by atoms with van der Waals surface area (Å²) in [5, 5.41) is 8.96. The van der Waals surface area contributed by atoms with Crippen LogP contribution in [0.1, 0.15) is 42.4 Å². The molecule has 1 aliphatic heterocycles. The van der Waals surface area contributed by atoms with Crippen molar-refractivity contribution in [3.63, 3.8) is 0 Å². The molecular formula is C57H44N4. The highest BCUT2D eigenvalue weighted by atomic mass is 15.2. The first-order valence-electron chi connectivity index (χ1n) is 21.7. The molecule has 0 amide bonds.